The predicted molar refractivity (Wildman–Crippen MR) is 71.4 cm³/mol. The number of carbonyl (C=O) groups excluding carboxylic acids is 1. The van der Waals surface area contributed by atoms with Crippen molar-refractivity contribution >= 4 is 11.6 Å². The van der Waals surface area contributed by atoms with Crippen LogP contribution in [0.25, 0.3) is 0 Å². The van der Waals surface area contributed by atoms with Gasteiger partial charge in [0.25, 0.3) is 0 Å². The fourth-order valence-electron chi connectivity index (χ4n) is 1.66. The van der Waals surface area contributed by atoms with Gasteiger partial charge in [0, 0.05) is 24.8 Å². The first-order valence-electron chi connectivity index (χ1n) is 6.00. The third kappa shape index (κ3) is 3.45. The average molecular weight is 243 g/mol. The summed E-state index contributed by atoms with van der Waals surface area (Å²) >= 11 is 0. The van der Waals surface area contributed by atoms with E-state index in [0.717, 1.165) is 11.4 Å². The summed E-state index contributed by atoms with van der Waals surface area (Å²) in [6, 6.07) is 9.70. The number of amides is 1. The van der Waals surface area contributed by atoms with Crippen LogP contribution in [0.1, 0.15) is 17.7 Å². The minimum atomic E-state index is 0.00649. The van der Waals surface area contributed by atoms with Crippen LogP contribution < -0.4 is 5.32 Å². The number of carbonyl (C=O) groups is 1. The topological polar surface area (TPSA) is 46.9 Å². The Morgan fingerprint density at radius 1 is 1.22 bits per heavy atom. The second kappa shape index (κ2) is 5.49. The highest BCUT2D eigenvalue weighted by Gasteiger charge is 2.03. The highest BCUT2D eigenvalue weighted by atomic mass is 16.1. The molecule has 0 aliphatic carbocycles. The summed E-state index contributed by atoms with van der Waals surface area (Å²) in [5.41, 5.74) is 2.98. The molecule has 94 valence electrons. The smallest absolute Gasteiger partial charge is 0.226 e. The van der Waals surface area contributed by atoms with Gasteiger partial charge < -0.3 is 5.32 Å². The van der Waals surface area contributed by atoms with E-state index in [1.54, 1.807) is 4.68 Å². The maximum Gasteiger partial charge on any atom is 0.226 e. The molecule has 0 atom stereocenters. The molecule has 0 spiro atoms. The van der Waals surface area contributed by atoms with E-state index < -0.39 is 0 Å². The van der Waals surface area contributed by atoms with Crippen molar-refractivity contribution < 1.29 is 4.79 Å². The van der Waals surface area contributed by atoms with Crippen molar-refractivity contribution in [1.82, 2.24) is 9.78 Å². The molecule has 0 bridgehead atoms. The number of anilines is 1. The largest absolute Gasteiger partial charge is 0.326 e. The summed E-state index contributed by atoms with van der Waals surface area (Å²) < 4.78 is 1.78. The van der Waals surface area contributed by atoms with Gasteiger partial charge in [-0.05, 0) is 32.0 Å². The fourth-order valence-corrected chi connectivity index (χ4v) is 1.66. The van der Waals surface area contributed by atoms with E-state index in [-0.39, 0.29) is 5.91 Å². The van der Waals surface area contributed by atoms with Crippen LogP contribution in [0.4, 0.5) is 5.69 Å². The molecular formula is C14H17N3O. The molecule has 0 saturated carbocycles. The second-order valence-electron chi connectivity index (χ2n) is 4.38. The highest BCUT2D eigenvalue weighted by molar-refractivity contribution is 5.90. The summed E-state index contributed by atoms with van der Waals surface area (Å²) in [5, 5.41) is 7.10. The van der Waals surface area contributed by atoms with Gasteiger partial charge in [-0.25, -0.2) is 0 Å². The van der Waals surface area contributed by atoms with Crippen LogP contribution in [0, 0.1) is 13.8 Å². The first-order valence-corrected chi connectivity index (χ1v) is 6.00. The van der Waals surface area contributed by atoms with Crippen LogP contribution in [0.5, 0.6) is 0 Å². The van der Waals surface area contributed by atoms with Crippen LogP contribution in [-0.4, -0.2) is 15.7 Å². The minimum absolute atomic E-state index is 0.00649. The molecule has 1 heterocycles. The number of nitrogens with zero attached hydrogens (tertiary/aromatic N) is 2. The van der Waals surface area contributed by atoms with E-state index in [1.165, 1.54) is 5.56 Å². The summed E-state index contributed by atoms with van der Waals surface area (Å²) in [6.45, 7) is 4.56. The van der Waals surface area contributed by atoms with E-state index in [0.29, 0.717) is 13.0 Å². The van der Waals surface area contributed by atoms with Gasteiger partial charge in [-0.3, -0.25) is 9.48 Å². The maximum absolute atomic E-state index is 11.7. The summed E-state index contributed by atoms with van der Waals surface area (Å²) in [6.07, 6.45) is 2.31. The Kier molecular flexibility index (Phi) is 3.77. The zero-order chi connectivity index (χ0) is 13.0. The molecule has 0 aliphatic rings. The Balaban J connectivity index is 1.83. The third-order valence-electron chi connectivity index (χ3n) is 2.68. The van der Waals surface area contributed by atoms with E-state index in [2.05, 4.69) is 10.4 Å². The lowest BCUT2D eigenvalue weighted by Crippen LogP contribution is -2.14. The zero-order valence-electron chi connectivity index (χ0n) is 10.7. The predicted octanol–water partition coefficient (Wildman–Crippen LogP) is 2.53. The Hall–Kier alpha value is -2.10. The molecule has 1 amide bonds. The molecule has 0 aliphatic heterocycles. The molecule has 1 N–H and O–H groups in total. The molecule has 18 heavy (non-hydrogen) atoms. The lowest BCUT2D eigenvalue weighted by atomic mass is 10.2. The van der Waals surface area contributed by atoms with Crippen molar-refractivity contribution in [3.63, 3.8) is 0 Å². The quantitative estimate of drug-likeness (QED) is 0.897. The van der Waals surface area contributed by atoms with Gasteiger partial charge in [0.05, 0.1) is 5.69 Å². The Bertz CT molecular complexity index is 528. The Morgan fingerprint density at radius 2 is 1.94 bits per heavy atom. The number of benzene rings is 1. The van der Waals surface area contributed by atoms with Gasteiger partial charge in [-0.1, -0.05) is 17.7 Å². The van der Waals surface area contributed by atoms with Gasteiger partial charge in [-0.15, -0.1) is 0 Å². The number of hydrogen-bond acceptors (Lipinski definition) is 2. The van der Waals surface area contributed by atoms with Gasteiger partial charge in [0.1, 0.15) is 0 Å². The van der Waals surface area contributed by atoms with Crippen LogP contribution in [-0.2, 0) is 11.3 Å². The molecular weight excluding hydrogens is 226 g/mol. The zero-order valence-corrected chi connectivity index (χ0v) is 10.7. The van der Waals surface area contributed by atoms with Crippen molar-refractivity contribution in [1.29, 1.82) is 0 Å². The maximum atomic E-state index is 11.7. The van der Waals surface area contributed by atoms with Crippen LogP contribution in [0.15, 0.2) is 36.5 Å². The molecule has 2 rings (SSSR count). The molecule has 2 aromatic rings. The Labute approximate surface area is 107 Å². The molecule has 4 nitrogen and oxygen atoms in total. The first-order chi connectivity index (χ1) is 8.63. The minimum Gasteiger partial charge on any atom is -0.326 e. The van der Waals surface area contributed by atoms with Crippen molar-refractivity contribution in [2.45, 2.75) is 26.8 Å². The molecule has 1 aromatic carbocycles. The highest BCUT2D eigenvalue weighted by Crippen LogP contribution is 2.09. The van der Waals surface area contributed by atoms with Crippen molar-refractivity contribution in [2.24, 2.45) is 0 Å². The standard InChI is InChI=1S/C14H17N3O/c1-11-3-5-13(6-4-11)15-14(18)8-10-17-9-7-12(2)16-17/h3-7,9H,8,10H2,1-2H3,(H,15,18). The van der Waals surface area contributed by atoms with E-state index in [9.17, 15) is 4.79 Å². The lowest BCUT2D eigenvalue weighted by Gasteiger charge is -2.05. The number of aromatic nitrogens is 2. The normalized spacial score (nSPS) is 10.3. The molecule has 4 heteroatoms. The Morgan fingerprint density at radius 3 is 2.56 bits per heavy atom. The van der Waals surface area contributed by atoms with Gasteiger partial charge in [0.2, 0.25) is 5.91 Å². The van der Waals surface area contributed by atoms with Gasteiger partial charge in [0.15, 0.2) is 0 Å². The van der Waals surface area contributed by atoms with Crippen LogP contribution in [0.3, 0.4) is 0 Å². The number of hydrogen-bond donors (Lipinski definition) is 1. The number of nitrogens with one attached hydrogen (secondary N) is 1. The molecule has 0 unspecified atom stereocenters. The fraction of sp³-hybridized carbons (Fsp3) is 0.286. The average Bonchev–Trinajstić information content (AvgIpc) is 2.76. The van der Waals surface area contributed by atoms with E-state index in [4.69, 9.17) is 0 Å². The summed E-state index contributed by atoms with van der Waals surface area (Å²) in [4.78, 5) is 11.7. The van der Waals surface area contributed by atoms with E-state index in [1.807, 2.05) is 50.4 Å². The van der Waals surface area contributed by atoms with Crippen LogP contribution >= 0.6 is 0 Å². The number of aryl methyl sites for hydroxylation is 3. The van der Waals surface area contributed by atoms with Crippen LogP contribution in [0.2, 0.25) is 0 Å². The van der Waals surface area contributed by atoms with Gasteiger partial charge in [-0.2, -0.15) is 5.10 Å². The third-order valence-corrected chi connectivity index (χ3v) is 2.68. The molecule has 0 fully saturated rings. The summed E-state index contributed by atoms with van der Waals surface area (Å²) in [7, 11) is 0. The van der Waals surface area contributed by atoms with Gasteiger partial charge >= 0.3 is 0 Å². The monoisotopic (exact) mass is 243 g/mol. The first kappa shape index (κ1) is 12.4. The van der Waals surface area contributed by atoms with Crippen molar-refractivity contribution in [3.05, 3.63) is 47.8 Å². The lowest BCUT2D eigenvalue weighted by molar-refractivity contribution is -0.116. The second-order valence-corrected chi connectivity index (χ2v) is 4.38. The van der Waals surface area contributed by atoms with Crippen molar-refractivity contribution in [3.8, 4) is 0 Å². The molecule has 0 radical (unpaired) electrons. The summed E-state index contributed by atoms with van der Waals surface area (Å²) in [5.74, 6) is 0.00649. The molecule has 0 saturated heterocycles. The molecule has 1 aromatic heterocycles. The van der Waals surface area contributed by atoms with Crippen molar-refractivity contribution in [2.75, 3.05) is 5.32 Å². The SMILES string of the molecule is Cc1ccc(NC(=O)CCn2ccc(C)n2)cc1. The number of rotatable bonds is 4. The van der Waals surface area contributed by atoms with E-state index >= 15 is 0 Å².